The third-order valence-electron chi connectivity index (χ3n) is 4.53. The number of benzene rings is 2. The van der Waals surface area contributed by atoms with Crippen LogP contribution in [0.2, 0.25) is 0 Å². The number of hydrogen-bond donors (Lipinski definition) is 1. The van der Waals surface area contributed by atoms with Gasteiger partial charge in [-0.1, -0.05) is 24.0 Å². The second-order valence-electron chi connectivity index (χ2n) is 8.42. The van der Waals surface area contributed by atoms with E-state index in [1.165, 1.54) is 12.1 Å². The number of carboxylic acid groups (broad SMARTS) is 1. The topological polar surface area (TPSA) is 66.8 Å². The minimum absolute atomic E-state index is 0.226. The molecule has 1 N–H and O–H groups in total. The van der Waals surface area contributed by atoms with E-state index in [0.717, 1.165) is 24.0 Å². The van der Waals surface area contributed by atoms with Gasteiger partial charge < -0.3 is 14.7 Å². The molecule has 0 atom stereocenters. The molecular weight excluding hydrogens is 390 g/mol. The Bertz CT molecular complexity index is 1070. The molecule has 0 bridgehead atoms. The molecule has 0 aliphatic heterocycles. The normalized spacial score (nSPS) is 12.6. The molecular formula is C26H25NO4. The quantitative estimate of drug-likeness (QED) is 0.736. The van der Waals surface area contributed by atoms with E-state index in [2.05, 4.69) is 23.7 Å². The van der Waals surface area contributed by atoms with Crippen LogP contribution in [0.3, 0.4) is 0 Å². The van der Waals surface area contributed by atoms with E-state index in [4.69, 9.17) is 9.84 Å². The van der Waals surface area contributed by atoms with Gasteiger partial charge in [-0.3, -0.25) is 0 Å². The molecule has 1 saturated carbocycles. The number of amides is 1. The second kappa shape index (κ2) is 9.41. The lowest BCUT2D eigenvalue weighted by molar-refractivity contribution is 0.0216. The highest BCUT2D eigenvalue weighted by atomic mass is 16.6. The maximum absolute atomic E-state index is 12.5. The van der Waals surface area contributed by atoms with E-state index >= 15 is 0 Å². The molecule has 1 amide bonds. The Kier molecular flexibility index (Phi) is 6.68. The molecule has 1 fully saturated rings. The molecule has 1 aliphatic carbocycles. The molecule has 0 heterocycles. The third-order valence-corrected chi connectivity index (χ3v) is 4.53. The highest BCUT2D eigenvalue weighted by Crippen LogP contribution is 2.30. The SMILES string of the molecule is CC(C)(C)OC(=O)N(Cc1ccc(C#CC#Cc2ccc(C(=O)O)cc2)cc1)C1CC1. The van der Waals surface area contributed by atoms with Gasteiger partial charge in [0.2, 0.25) is 0 Å². The van der Waals surface area contributed by atoms with Crippen LogP contribution < -0.4 is 0 Å². The molecule has 0 aromatic heterocycles. The number of hydrogen-bond acceptors (Lipinski definition) is 3. The molecule has 0 spiro atoms. The number of aromatic carboxylic acids is 1. The Labute approximate surface area is 183 Å². The minimum atomic E-state index is -0.964. The van der Waals surface area contributed by atoms with Crippen molar-refractivity contribution in [3.8, 4) is 23.7 Å². The minimum Gasteiger partial charge on any atom is -0.478 e. The number of rotatable bonds is 4. The van der Waals surface area contributed by atoms with Crippen LogP contribution in [0.25, 0.3) is 0 Å². The molecule has 5 heteroatoms. The summed E-state index contributed by atoms with van der Waals surface area (Å²) >= 11 is 0. The van der Waals surface area contributed by atoms with Gasteiger partial charge in [-0.15, -0.1) is 0 Å². The van der Waals surface area contributed by atoms with Crippen molar-refractivity contribution in [1.82, 2.24) is 4.90 Å². The first-order valence-electron chi connectivity index (χ1n) is 10.2. The van der Waals surface area contributed by atoms with Gasteiger partial charge >= 0.3 is 12.1 Å². The van der Waals surface area contributed by atoms with Crippen LogP contribution in [-0.2, 0) is 11.3 Å². The molecule has 2 aromatic rings. The van der Waals surface area contributed by atoms with Crippen molar-refractivity contribution in [2.24, 2.45) is 0 Å². The predicted octanol–water partition coefficient (Wildman–Crippen LogP) is 4.69. The van der Waals surface area contributed by atoms with Crippen molar-refractivity contribution in [1.29, 1.82) is 0 Å². The Hall–Kier alpha value is -3.70. The van der Waals surface area contributed by atoms with E-state index in [-0.39, 0.29) is 17.7 Å². The fraction of sp³-hybridized carbons (Fsp3) is 0.308. The van der Waals surface area contributed by atoms with Crippen molar-refractivity contribution in [2.75, 3.05) is 0 Å². The van der Waals surface area contributed by atoms with Crippen LogP contribution in [0, 0.1) is 23.7 Å². The summed E-state index contributed by atoms with van der Waals surface area (Å²) in [7, 11) is 0. The fourth-order valence-corrected chi connectivity index (χ4v) is 2.84. The standard InChI is InChI=1S/C26H25NO4/c1-26(2,3)31-25(30)27(23-16-17-23)18-21-10-8-19(9-11-21)6-4-5-7-20-12-14-22(15-13-20)24(28)29/h8-15,23H,16-18H2,1-3H3,(H,28,29). The van der Waals surface area contributed by atoms with Crippen LogP contribution in [0.15, 0.2) is 48.5 Å². The number of nitrogens with zero attached hydrogens (tertiary/aromatic N) is 1. The zero-order chi connectivity index (χ0) is 22.4. The maximum Gasteiger partial charge on any atom is 0.410 e. The average molecular weight is 415 g/mol. The summed E-state index contributed by atoms with van der Waals surface area (Å²) in [6, 6.07) is 14.3. The largest absolute Gasteiger partial charge is 0.478 e. The summed E-state index contributed by atoms with van der Waals surface area (Å²) in [5, 5.41) is 8.90. The van der Waals surface area contributed by atoms with E-state index in [1.807, 2.05) is 45.0 Å². The van der Waals surface area contributed by atoms with E-state index in [9.17, 15) is 9.59 Å². The summed E-state index contributed by atoms with van der Waals surface area (Å²) < 4.78 is 5.54. The zero-order valence-electron chi connectivity index (χ0n) is 17.9. The van der Waals surface area contributed by atoms with Crippen molar-refractivity contribution < 1.29 is 19.4 Å². The first-order valence-corrected chi connectivity index (χ1v) is 10.2. The fourth-order valence-electron chi connectivity index (χ4n) is 2.84. The number of ether oxygens (including phenoxy) is 1. The van der Waals surface area contributed by atoms with Gasteiger partial charge in [0.25, 0.3) is 0 Å². The summed E-state index contributed by atoms with van der Waals surface area (Å²) in [5.41, 5.74) is 2.27. The highest BCUT2D eigenvalue weighted by molar-refractivity contribution is 5.87. The van der Waals surface area contributed by atoms with Gasteiger partial charge in [-0.05, 0) is 87.4 Å². The smallest absolute Gasteiger partial charge is 0.410 e. The Morgan fingerprint density at radius 2 is 1.48 bits per heavy atom. The maximum atomic E-state index is 12.5. The lowest BCUT2D eigenvalue weighted by Crippen LogP contribution is -2.37. The van der Waals surface area contributed by atoms with Gasteiger partial charge in [-0.25, -0.2) is 9.59 Å². The number of carboxylic acids is 1. The summed E-state index contributed by atoms with van der Waals surface area (Å²) in [4.78, 5) is 25.1. The van der Waals surface area contributed by atoms with E-state index in [1.54, 1.807) is 17.0 Å². The number of carbonyl (C=O) groups is 2. The first-order chi connectivity index (χ1) is 14.7. The molecule has 0 radical (unpaired) electrons. The van der Waals surface area contributed by atoms with Gasteiger partial charge in [0.1, 0.15) is 5.60 Å². The summed E-state index contributed by atoms with van der Waals surface area (Å²) in [6.45, 7) is 6.13. The van der Waals surface area contributed by atoms with E-state index in [0.29, 0.717) is 12.1 Å². The average Bonchev–Trinajstić information content (AvgIpc) is 3.54. The third kappa shape index (κ3) is 6.94. The van der Waals surface area contributed by atoms with Crippen molar-refractivity contribution in [2.45, 2.75) is 51.8 Å². The lowest BCUT2D eigenvalue weighted by Gasteiger charge is -2.27. The van der Waals surface area contributed by atoms with Crippen molar-refractivity contribution in [3.63, 3.8) is 0 Å². The molecule has 0 saturated heterocycles. The second-order valence-corrected chi connectivity index (χ2v) is 8.42. The van der Waals surface area contributed by atoms with Crippen LogP contribution in [-0.4, -0.2) is 33.7 Å². The monoisotopic (exact) mass is 415 g/mol. The van der Waals surface area contributed by atoms with E-state index < -0.39 is 11.6 Å². The predicted molar refractivity (Wildman–Crippen MR) is 118 cm³/mol. The Morgan fingerprint density at radius 1 is 0.968 bits per heavy atom. The zero-order valence-corrected chi connectivity index (χ0v) is 17.9. The van der Waals surface area contributed by atoms with Gasteiger partial charge in [0.15, 0.2) is 0 Å². The Morgan fingerprint density at radius 3 is 1.94 bits per heavy atom. The molecule has 31 heavy (non-hydrogen) atoms. The molecule has 1 aliphatic rings. The first kappa shape index (κ1) is 22.0. The van der Waals surface area contributed by atoms with Crippen LogP contribution in [0.1, 0.15) is 60.7 Å². The van der Waals surface area contributed by atoms with Crippen molar-refractivity contribution >= 4 is 12.1 Å². The van der Waals surface area contributed by atoms with Crippen molar-refractivity contribution in [3.05, 3.63) is 70.8 Å². The van der Waals surface area contributed by atoms with Gasteiger partial charge in [0, 0.05) is 23.7 Å². The van der Waals surface area contributed by atoms with Crippen LogP contribution in [0.5, 0.6) is 0 Å². The highest BCUT2D eigenvalue weighted by Gasteiger charge is 2.35. The molecule has 2 aromatic carbocycles. The van der Waals surface area contributed by atoms with Crippen LogP contribution >= 0.6 is 0 Å². The molecule has 0 unspecified atom stereocenters. The van der Waals surface area contributed by atoms with Crippen LogP contribution in [0.4, 0.5) is 4.79 Å². The lowest BCUT2D eigenvalue weighted by atomic mass is 10.1. The summed E-state index contributed by atoms with van der Waals surface area (Å²) in [6.07, 6.45) is 1.76. The molecule has 3 rings (SSSR count). The Balaban J connectivity index is 1.61. The molecule has 158 valence electrons. The molecule has 5 nitrogen and oxygen atoms in total. The number of carbonyl (C=O) groups excluding carboxylic acids is 1. The van der Waals surface area contributed by atoms with Gasteiger partial charge in [0.05, 0.1) is 5.56 Å². The van der Waals surface area contributed by atoms with Gasteiger partial charge in [-0.2, -0.15) is 0 Å². The summed E-state index contributed by atoms with van der Waals surface area (Å²) in [5.74, 6) is 10.5.